The van der Waals surface area contributed by atoms with Crippen LogP contribution in [0, 0.1) is 0 Å². The standard InChI is InChI=1S/C14H19N/c1-3-12-7-6-8-13(12)11(2)14-9-4-5-10-15-14/h4-5,9-11H,3,6-8H2,1-2H3. The van der Waals surface area contributed by atoms with Gasteiger partial charge in [0.2, 0.25) is 0 Å². The van der Waals surface area contributed by atoms with Gasteiger partial charge in [-0.25, -0.2) is 0 Å². The summed E-state index contributed by atoms with van der Waals surface area (Å²) in [6.07, 6.45) is 7.04. The number of hydrogen-bond acceptors (Lipinski definition) is 1. The summed E-state index contributed by atoms with van der Waals surface area (Å²) in [7, 11) is 0. The number of nitrogens with zero attached hydrogens (tertiary/aromatic N) is 1. The fourth-order valence-electron chi connectivity index (χ4n) is 2.57. The van der Waals surface area contributed by atoms with E-state index in [1.165, 1.54) is 31.4 Å². The topological polar surface area (TPSA) is 12.9 Å². The van der Waals surface area contributed by atoms with Gasteiger partial charge >= 0.3 is 0 Å². The van der Waals surface area contributed by atoms with Gasteiger partial charge in [0, 0.05) is 17.8 Å². The van der Waals surface area contributed by atoms with E-state index < -0.39 is 0 Å². The molecule has 0 N–H and O–H groups in total. The van der Waals surface area contributed by atoms with Gasteiger partial charge < -0.3 is 0 Å². The molecule has 1 aliphatic carbocycles. The van der Waals surface area contributed by atoms with Crippen molar-refractivity contribution >= 4 is 0 Å². The fraction of sp³-hybridized carbons (Fsp3) is 0.500. The molecule has 0 aromatic carbocycles. The van der Waals surface area contributed by atoms with Crippen LogP contribution in [0.2, 0.25) is 0 Å². The minimum atomic E-state index is 0.517. The SMILES string of the molecule is CCC1=C(C(C)c2ccccn2)CCC1. The molecule has 0 aliphatic heterocycles. The second kappa shape index (κ2) is 4.61. The molecule has 0 saturated heterocycles. The van der Waals surface area contributed by atoms with Gasteiger partial charge in [0.1, 0.15) is 0 Å². The fourth-order valence-corrected chi connectivity index (χ4v) is 2.57. The lowest BCUT2D eigenvalue weighted by Gasteiger charge is -2.14. The Morgan fingerprint density at radius 2 is 2.20 bits per heavy atom. The molecule has 2 rings (SSSR count). The maximum absolute atomic E-state index is 4.46. The van der Waals surface area contributed by atoms with Gasteiger partial charge in [0.25, 0.3) is 0 Å². The van der Waals surface area contributed by atoms with Crippen LogP contribution in [-0.4, -0.2) is 4.98 Å². The summed E-state index contributed by atoms with van der Waals surface area (Å²) in [4.78, 5) is 4.46. The molecule has 0 spiro atoms. The first-order valence-corrected chi connectivity index (χ1v) is 5.94. The predicted octanol–water partition coefficient (Wildman–Crippen LogP) is 4.08. The van der Waals surface area contributed by atoms with Crippen LogP contribution in [0.4, 0.5) is 0 Å². The first-order valence-electron chi connectivity index (χ1n) is 5.94. The van der Waals surface area contributed by atoms with Crippen molar-refractivity contribution in [2.24, 2.45) is 0 Å². The Bertz CT molecular complexity index is 351. The first-order chi connectivity index (χ1) is 7.33. The van der Waals surface area contributed by atoms with Crippen LogP contribution in [0.1, 0.15) is 51.1 Å². The van der Waals surface area contributed by atoms with Crippen molar-refractivity contribution < 1.29 is 0 Å². The van der Waals surface area contributed by atoms with Crippen LogP contribution in [0.15, 0.2) is 35.5 Å². The summed E-state index contributed by atoms with van der Waals surface area (Å²) in [5, 5.41) is 0. The molecule has 1 unspecified atom stereocenters. The molecular formula is C14H19N. The third kappa shape index (κ3) is 2.11. The third-order valence-electron chi connectivity index (χ3n) is 3.46. The van der Waals surface area contributed by atoms with Crippen LogP contribution in [-0.2, 0) is 0 Å². The van der Waals surface area contributed by atoms with Crippen LogP contribution >= 0.6 is 0 Å². The Balaban J connectivity index is 2.25. The Morgan fingerprint density at radius 1 is 1.33 bits per heavy atom. The first kappa shape index (κ1) is 10.4. The second-order valence-electron chi connectivity index (χ2n) is 4.31. The predicted molar refractivity (Wildman–Crippen MR) is 63.8 cm³/mol. The molecule has 80 valence electrons. The monoisotopic (exact) mass is 201 g/mol. The summed E-state index contributed by atoms with van der Waals surface area (Å²) in [5.41, 5.74) is 4.55. The van der Waals surface area contributed by atoms with Gasteiger partial charge in [-0.15, -0.1) is 0 Å². The molecule has 1 atom stereocenters. The molecule has 15 heavy (non-hydrogen) atoms. The molecule has 1 heteroatoms. The molecule has 0 saturated carbocycles. The molecule has 1 heterocycles. The van der Waals surface area contributed by atoms with Crippen molar-refractivity contribution in [1.29, 1.82) is 0 Å². The average molecular weight is 201 g/mol. The van der Waals surface area contributed by atoms with Crippen LogP contribution < -0.4 is 0 Å². The van der Waals surface area contributed by atoms with E-state index >= 15 is 0 Å². The molecule has 0 bridgehead atoms. The Kier molecular flexibility index (Phi) is 3.20. The average Bonchev–Trinajstić information content (AvgIpc) is 2.77. The van der Waals surface area contributed by atoms with Gasteiger partial charge in [-0.2, -0.15) is 0 Å². The second-order valence-corrected chi connectivity index (χ2v) is 4.31. The van der Waals surface area contributed by atoms with E-state index in [0.29, 0.717) is 5.92 Å². The van der Waals surface area contributed by atoms with Gasteiger partial charge in [0.15, 0.2) is 0 Å². The van der Waals surface area contributed by atoms with E-state index in [4.69, 9.17) is 0 Å². The molecule has 1 aromatic heterocycles. The van der Waals surface area contributed by atoms with E-state index in [2.05, 4.69) is 31.0 Å². The van der Waals surface area contributed by atoms with E-state index in [9.17, 15) is 0 Å². The minimum absolute atomic E-state index is 0.517. The lowest BCUT2D eigenvalue weighted by molar-refractivity contribution is 0.788. The van der Waals surface area contributed by atoms with Crippen LogP contribution in [0.5, 0.6) is 0 Å². The lowest BCUT2D eigenvalue weighted by atomic mass is 9.93. The smallest absolute Gasteiger partial charge is 0.0472 e. The Hall–Kier alpha value is -1.11. The van der Waals surface area contributed by atoms with Crippen molar-refractivity contribution in [2.45, 2.75) is 45.4 Å². The number of hydrogen-bond donors (Lipinski definition) is 0. The van der Waals surface area contributed by atoms with E-state index in [-0.39, 0.29) is 0 Å². The van der Waals surface area contributed by atoms with Gasteiger partial charge in [0.05, 0.1) is 0 Å². The molecule has 0 amide bonds. The summed E-state index contributed by atoms with van der Waals surface area (Å²) >= 11 is 0. The van der Waals surface area contributed by atoms with E-state index in [0.717, 1.165) is 0 Å². The highest BCUT2D eigenvalue weighted by atomic mass is 14.7. The molecule has 1 nitrogen and oxygen atoms in total. The minimum Gasteiger partial charge on any atom is -0.261 e. The molecular weight excluding hydrogens is 182 g/mol. The van der Waals surface area contributed by atoms with Crippen molar-refractivity contribution in [2.75, 3.05) is 0 Å². The molecule has 0 fully saturated rings. The van der Waals surface area contributed by atoms with Gasteiger partial charge in [-0.3, -0.25) is 4.98 Å². The third-order valence-corrected chi connectivity index (χ3v) is 3.46. The van der Waals surface area contributed by atoms with Crippen LogP contribution in [0.25, 0.3) is 0 Å². The van der Waals surface area contributed by atoms with Crippen molar-refractivity contribution in [3.05, 3.63) is 41.2 Å². The number of aromatic nitrogens is 1. The van der Waals surface area contributed by atoms with E-state index in [1.807, 2.05) is 12.3 Å². The van der Waals surface area contributed by atoms with E-state index in [1.54, 1.807) is 11.1 Å². The number of rotatable bonds is 3. The molecule has 1 aromatic rings. The molecule has 0 radical (unpaired) electrons. The highest BCUT2D eigenvalue weighted by molar-refractivity contribution is 5.29. The summed E-state index contributed by atoms with van der Waals surface area (Å²) in [6.45, 7) is 4.56. The van der Waals surface area contributed by atoms with Crippen molar-refractivity contribution in [1.82, 2.24) is 4.98 Å². The lowest BCUT2D eigenvalue weighted by Crippen LogP contribution is -2.00. The maximum atomic E-state index is 4.46. The van der Waals surface area contributed by atoms with Crippen molar-refractivity contribution in [3.63, 3.8) is 0 Å². The van der Waals surface area contributed by atoms with Gasteiger partial charge in [-0.05, 0) is 37.8 Å². The number of allylic oxidation sites excluding steroid dienone is 2. The summed E-state index contributed by atoms with van der Waals surface area (Å²) in [5.74, 6) is 0.517. The zero-order valence-corrected chi connectivity index (χ0v) is 9.66. The number of pyridine rings is 1. The quantitative estimate of drug-likeness (QED) is 0.672. The summed E-state index contributed by atoms with van der Waals surface area (Å²) < 4.78 is 0. The Labute approximate surface area is 92.2 Å². The highest BCUT2D eigenvalue weighted by Gasteiger charge is 2.20. The Morgan fingerprint density at radius 3 is 2.87 bits per heavy atom. The zero-order chi connectivity index (χ0) is 10.7. The van der Waals surface area contributed by atoms with Crippen molar-refractivity contribution in [3.8, 4) is 0 Å². The van der Waals surface area contributed by atoms with Crippen LogP contribution in [0.3, 0.4) is 0 Å². The normalized spacial score (nSPS) is 18.3. The maximum Gasteiger partial charge on any atom is 0.0472 e. The highest BCUT2D eigenvalue weighted by Crippen LogP contribution is 2.37. The largest absolute Gasteiger partial charge is 0.261 e. The zero-order valence-electron chi connectivity index (χ0n) is 9.66. The van der Waals surface area contributed by atoms with Gasteiger partial charge in [-0.1, -0.05) is 31.1 Å². The molecule has 1 aliphatic rings. The summed E-state index contributed by atoms with van der Waals surface area (Å²) in [6, 6.07) is 6.21.